The van der Waals surface area contributed by atoms with Crippen LogP contribution in [0.1, 0.15) is 40.3 Å². The highest BCUT2D eigenvalue weighted by atomic mass is 35.5. The molecule has 1 amide bonds. The van der Waals surface area contributed by atoms with Gasteiger partial charge in [-0.15, -0.1) is 35.9 Å². The van der Waals surface area contributed by atoms with Gasteiger partial charge in [-0.05, 0) is 49.5 Å². The zero-order chi connectivity index (χ0) is 16.1. The molecule has 0 spiro atoms. The molecule has 6 heteroatoms. The Morgan fingerprint density at radius 2 is 1.79 bits per heavy atom. The quantitative estimate of drug-likeness (QED) is 0.827. The second-order valence-electron chi connectivity index (χ2n) is 6.24. The summed E-state index contributed by atoms with van der Waals surface area (Å²) >= 11 is 4.01. The van der Waals surface area contributed by atoms with Gasteiger partial charge in [0.1, 0.15) is 0 Å². The van der Waals surface area contributed by atoms with Crippen molar-refractivity contribution < 1.29 is 4.79 Å². The lowest BCUT2D eigenvalue weighted by atomic mass is 9.96. The number of nitrogens with one attached hydrogen (secondary N) is 1. The SMILES string of the molecule is CCNCC1CCN(C(=O)c2ccc(C3SCCS3)cc2)CC1.Cl. The Morgan fingerprint density at radius 1 is 1.17 bits per heavy atom. The molecule has 134 valence electrons. The molecule has 0 saturated carbocycles. The number of carbonyl (C=O) groups excluding carboxylic acids is 1. The summed E-state index contributed by atoms with van der Waals surface area (Å²) in [7, 11) is 0. The summed E-state index contributed by atoms with van der Waals surface area (Å²) in [5.74, 6) is 3.39. The molecule has 2 saturated heterocycles. The first-order valence-corrected chi connectivity index (χ1v) is 10.7. The molecule has 2 aliphatic rings. The first-order valence-electron chi connectivity index (χ1n) is 8.61. The maximum absolute atomic E-state index is 12.7. The molecule has 0 bridgehead atoms. The molecule has 0 aliphatic carbocycles. The maximum Gasteiger partial charge on any atom is 0.253 e. The average molecular weight is 387 g/mol. The third-order valence-corrected chi connectivity index (χ3v) is 7.74. The van der Waals surface area contributed by atoms with Gasteiger partial charge < -0.3 is 10.2 Å². The van der Waals surface area contributed by atoms with Crippen molar-refractivity contribution in [3.05, 3.63) is 35.4 Å². The lowest BCUT2D eigenvalue weighted by Gasteiger charge is -2.32. The number of rotatable bonds is 5. The van der Waals surface area contributed by atoms with Gasteiger partial charge >= 0.3 is 0 Å². The van der Waals surface area contributed by atoms with Gasteiger partial charge in [0.15, 0.2) is 0 Å². The molecule has 0 unspecified atom stereocenters. The lowest BCUT2D eigenvalue weighted by molar-refractivity contribution is 0.0690. The van der Waals surface area contributed by atoms with E-state index in [2.05, 4.69) is 24.4 Å². The second-order valence-corrected chi connectivity index (χ2v) is 8.96. The molecule has 2 fully saturated rings. The number of likely N-dealkylation sites (tertiary alicyclic amines) is 1. The van der Waals surface area contributed by atoms with Gasteiger partial charge in [-0.1, -0.05) is 19.1 Å². The third kappa shape index (κ3) is 5.07. The Balaban J connectivity index is 0.00000208. The zero-order valence-corrected chi connectivity index (χ0v) is 16.7. The Bertz CT molecular complexity index is 512. The van der Waals surface area contributed by atoms with Crippen molar-refractivity contribution in [1.29, 1.82) is 0 Å². The molecule has 0 atom stereocenters. The summed E-state index contributed by atoms with van der Waals surface area (Å²) in [5, 5.41) is 3.42. The van der Waals surface area contributed by atoms with Crippen LogP contribution in [-0.2, 0) is 0 Å². The number of nitrogens with zero attached hydrogens (tertiary/aromatic N) is 1. The number of amides is 1. The minimum Gasteiger partial charge on any atom is -0.339 e. The van der Waals surface area contributed by atoms with Gasteiger partial charge in [-0.2, -0.15) is 0 Å². The zero-order valence-electron chi connectivity index (χ0n) is 14.2. The number of hydrogen-bond acceptors (Lipinski definition) is 4. The van der Waals surface area contributed by atoms with Gasteiger partial charge in [0.05, 0.1) is 4.58 Å². The number of hydrogen-bond donors (Lipinski definition) is 1. The predicted molar refractivity (Wildman–Crippen MR) is 109 cm³/mol. The summed E-state index contributed by atoms with van der Waals surface area (Å²) < 4.78 is 0.556. The summed E-state index contributed by atoms with van der Waals surface area (Å²) in [4.78, 5) is 14.7. The van der Waals surface area contributed by atoms with Crippen molar-refractivity contribution in [1.82, 2.24) is 10.2 Å². The topological polar surface area (TPSA) is 32.3 Å². The van der Waals surface area contributed by atoms with E-state index in [1.165, 1.54) is 17.1 Å². The molecule has 0 aromatic heterocycles. The third-order valence-electron chi connectivity index (χ3n) is 4.64. The Labute approximate surface area is 160 Å². The molecule has 3 rings (SSSR count). The van der Waals surface area contributed by atoms with E-state index >= 15 is 0 Å². The van der Waals surface area contributed by atoms with Crippen LogP contribution >= 0.6 is 35.9 Å². The largest absolute Gasteiger partial charge is 0.339 e. The molecule has 3 nitrogen and oxygen atoms in total. The maximum atomic E-state index is 12.7. The summed E-state index contributed by atoms with van der Waals surface area (Å²) in [6, 6.07) is 8.31. The van der Waals surface area contributed by atoms with Crippen molar-refractivity contribution in [3.8, 4) is 0 Å². The normalized spacial score (nSPS) is 19.3. The fourth-order valence-electron chi connectivity index (χ4n) is 3.20. The van der Waals surface area contributed by atoms with Gasteiger partial charge in [0.2, 0.25) is 0 Å². The van der Waals surface area contributed by atoms with Crippen molar-refractivity contribution in [3.63, 3.8) is 0 Å². The monoisotopic (exact) mass is 386 g/mol. The molecule has 2 heterocycles. The van der Waals surface area contributed by atoms with Gasteiger partial charge in [0, 0.05) is 30.2 Å². The van der Waals surface area contributed by atoms with E-state index in [1.807, 2.05) is 40.6 Å². The van der Waals surface area contributed by atoms with E-state index in [0.29, 0.717) is 4.58 Å². The van der Waals surface area contributed by atoms with Crippen LogP contribution in [0.2, 0.25) is 0 Å². The van der Waals surface area contributed by atoms with Crippen LogP contribution < -0.4 is 5.32 Å². The van der Waals surface area contributed by atoms with Crippen LogP contribution in [0.3, 0.4) is 0 Å². The van der Waals surface area contributed by atoms with Gasteiger partial charge in [0.25, 0.3) is 5.91 Å². The molecule has 24 heavy (non-hydrogen) atoms. The van der Waals surface area contributed by atoms with Crippen LogP contribution in [0.5, 0.6) is 0 Å². The first-order chi connectivity index (χ1) is 11.3. The Hall–Kier alpha value is -0.360. The number of benzene rings is 1. The van der Waals surface area contributed by atoms with Gasteiger partial charge in [-0.3, -0.25) is 4.79 Å². The predicted octanol–water partition coefficient (Wildman–Crippen LogP) is 4.05. The van der Waals surface area contributed by atoms with E-state index in [9.17, 15) is 4.79 Å². The average Bonchev–Trinajstić information content (AvgIpc) is 3.14. The highest BCUT2D eigenvalue weighted by Crippen LogP contribution is 2.45. The summed E-state index contributed by atoms with van der Waals surface area (Å²) in [6.07, 6.45) is 2.23. The smallest absolute Gasteiger partial charge is 0.253 e. The van der Waals surface area contributed by atoms with E-state index in [0.717, 1.165) is 50.5 Å². The highest BCUT2D eigenvalue weighted by Gasteiger charge is 2.24. The Morgan fingerprint density at radius 3 is 2.38 bits per heavy atom. The molecule has 0 radical (unpaired) electrons. The minimum absolute atomic E-state index is 0. The molecule has 1 aromatic carbocycles. The van der Waals surface area contributed by atoms with Crippen molar-refractivity contribution in [2.45, 2.75) is 24.3 Å². The van der Waals surface area contributed by atoms with Crippen molar-refractivity contribution >= 4 is 41.8 Å². The van der Waals surface area contributed by atoms with Crippen LogP contribution in [-0.4, -0.2) is 48.5 Å². The van der Waals surface area contributed by atoms with Crippen LogP contribution in [0, 0.1) is 5.92 Å². The summed E-state index contributed by atoms with van der Waals surface area (Å²) in [6.45, 7) is 6.05. The number of piperidine rings is 1. The molecule has 2 aliphatic heterocycles. The van der Waals surface area contributed by atoms with Crippen molar-refractivity contribution in [2.24, 2.45) is 5.92 Å². The lowest BCUT2D eigenvalue weighted by Crippen LogP contribution is -2.40. The van der Waals surface area contributed by atoms with Crippen LogP contribution in [0.15, 0.2) is 24.3 Å². The standard InChI is InChI=1S/C18H26N2OS2.ClH/c1-2-19-13-14-7-9-20(10-8-14)17(21)15-3-5-16(6-4-15)18-22-11-12-23-18;/h3-6,14,18-19H,2,7-13H2,1H3;1H. The fraction of sp³-hybridized carbons (Fsp3) is 0.611. The second kappa shape index (κ2) is 9.95. The first kappa shape index (κ1) is 20.0. The van der Waals surface area contributed by atoms with Crippen LogP contribution in [0.25, 0.3) is 0 Å². The number of thioether (sulfide) groups is 2. The molecular formula is C18H27ClN2OS2. The van der Waals surface area contributed by atoms with Crippen LogP contribution in [0.4, 0.5) is 0 Å². The molecular weight excluding hydrogens is 360 g/mol. The number of halogens is 1. The van der Waals surface area contributed by atoms with E-state index < -0.39 is 0 Å². The fourth-order valence-corrected chi connectivity index (χ4v) is 6.06. The van der Waals surface area contributed by atoms with E-state index in [4.69, 9.17) is 0 Å². The Kier molecular flexibility index (Phi) is 8.28. The number of carbonyl (C=O) groups is 1. The summed E-state index contributed by atoms with van der Waals surface area (Å²) in [5.41, 5.74) is 2.19. The highest BCUT2D eigenvalue weighted by molar-refractivity contribution is 8.19. The van der Waals surface area contributed by atoms with E-state index in [1.54, 1.807) is 0 Å². The van der Waals surface area contributed by atoms with Gasteiger partial charge in [-0.25, -0.2) is 0 Å². The molecule has 1 N–H and O–H groups in total. The van der Waals surface area contributed by atoms with Crippen molar-refractivity contribution in [2.75, 3.05) is 37.7 Å². The van der Waals surface area contributed by atoms with E-state index in [-0.39, 0.29) is 18.3 Å². The minimum atomic E-state index is 0. The molecule has 1 aromatic rings.